The van der Waals surface area contributed by atoms with Crippen molar-refractivity contribution < 1.29 is 28.5 Å². The van der Waals surface area contributed by atoms with E-state index in [1.165, 1.54) is 21.3 Å². The number of rotatable bonds is 7. The summed E-state index contributed by atoms with van der Waals surface area (Å²) in [6, 6.07) is 10.5. The molecular weight excluding hydrogens is 376 g/mol. The van der Waals surface area contributed by atoms with Crippen molar-refractivity contribution in [3.8, 4) is 23.0 Å². The Morgan fingerprint density at radius 3 is 2.17 bits per heavy atom. The fraction of sp³-hybridized carbons (Fsp3) is 0.333. The van der Waals surface area contributed by atoms with Crippen LogP contribution in [-0.4, -0.2) is 46.8 Å². The molecule has 8 nitrogen and oxygen atoms in total. The van der Waals surface area contributed by atoms with Crippen LogP contribution in [0.15, 0.2) is 36.4 Å². The van der Waals surface area contributed by atoms with E-state index in [2.05, 4.69) is 5.32 Å². The van der Waals surface area contributed by atoms with Gasteiger partial charge < -0.3 is 29.2 Å². The van der Waals surface area contributed by atoms with Gasteiger partial charge in [0.15, 0.2) is 11.5 Å². The van der Waals surface area contributed by atoms with Crippen LogP contribution in [0.3, 0.4) is 0 Å². The quantitative estimate of drug-likeness (QED) is 0.769. The van der Waals surface area contributed by atoms with Crippen LogP contribution in [0, 0.1) is 5.92 Å². The van der Waals surface area contributed by atoms with Crippen molar-refractivity contribution in [2.75, 3.05) is 45.2 Å². The molecule has 1 atom stereocenters. The van der Waals surface area contributed by atoms with Gasteiger partial charge >= 0.3 is 0 Å². The lowest BCUT2D eigenvalue weighted by Crippen LogP contribution is -2.28. The Morgan fingerprint density at radius 2 is 1.59 bits per heavy atom. The third kappa shape index (κ3) is 4.06. The zero-order valence-corrected chi connectivity index (χ0v) is 16.9. The van der Waals surface area contributed by atoms with Gasteiger partial charge in [-0.3, -0.25) is 9.59 Å². The highest BCUT2D eigenvalue weighted by molar-refractivity contribution is 6.04. The molecule has 0 bridgehead atoms. The molecular formula is C21H24N2O6. The third-order valence-electron chi connectivity index (χ3n) is 4.80. The average Bonchev–Trinajstić information content (AvgIpc) is 3.14. The van der Waals surface area contributed by atoms with E-state index in [1.807, 2.05) is 12.1 Å². The third-order valence-corrected chi connectivity index (χ3v) is 4.80. The Bertz CT molecular complexity index is 889. The number of amides is 2. The monoisotopic (exact) mass is 400 g/mol. The molecule has 1 unspecified atom stereocenters. The summed E-state index contributed by atoms with van der Waals surface area (Å²) >= 11 is 0. The van der Waals surface area contributed by atoms with Crippen LogP contribution in [-0.2, 0) is 9.59 Å². The molecule has 0 aromatic heterocycles. The van der Waals surface area contributed by atoms with Crippen molar-refractivity contribution in [2.45, 2.75) is 6.42 Å². The molecule has 0 saturated carbocycles. The van der Waals surface area contributed by atoms with Crippen LogP contribution in [0.2, 0.25) is 0 Å². The van der Waals surface area contributed by atoms with Gasteiger partial charge in [0, 0.05) is 30.8 Å². The highest BCUT2D eigenvalue weighted by Crippen LogP contribution is 2.40. The van der Waals surface area contributed by atoms with Crippen LogP contribution < -0.4 is 29.2 Å². The zero-order chi connectivity index (χ0) is 21.0. The smallest absolute Gasteiger partial charge is 0.229 e. The van der Waals surface area contributed by atoms with Crippen molar-refractivity contribution in [1.29, 1.82) is 0 Å². The molecule has 1 saturated heterocycles. The van der Waals surface area contributed by atoms with Crippen LogP contribution in [0.4, 0.5) is 11.4 Å². The minimum Gasteiger partial charge on any atom is -0.495 e. The lowest BCUT2D eigenvalue weighted by Gasteiger charge is -2.19. The molecule has 1 fully saturated rings. The number of benzene rings is 2. The van der Waals surface area contributed by atoms with Gasteiger partial charge in [-0.2, -0.15) is 0 Å². The molecule has 1 heterocycles. The number of hydrogen-bond donors (Lipinski definition) is 1. The first-order chi connectivity index (χ1) is 14.0. The van der Waals surface area contributed by atoms with Crippen molar-refractivity contribution >= 4 is 23.2 Å². The summed E-state index contributed by atoms with van der Waals surface area (Å²) in [5.41, 5.74) is 1.15. The topological polar surface area (TPSA) is 86.3 Å². The van der Waals surface area contributed by atoms with E-state index in [9.17, 15) is 9.59 Å². The van der Waals surface area contributed by atoms with Crippen LogP contribution in [0.5, 0.6) is 23.0 Å². The Kier molecular flexibility index (Phi) is 6.11. The van der Waals surface area contributed by atoms with E-state index in [0.29, 0.717) is 34.4 Å². The molecule has 1 N–H and O–H groups in total. The second kappa shape index (κ2) is 8.72. The molecule has 29 heavy (non-hydrogen) atoms. The van der Waals surface area contributed by atoms with Crippen molar-refractivity contribution in [2.24, 2.45) is 5.92 Å². The van der Waals surface area contributed by atoms with E-state index in [-0.39, 0.29) is 24.8 Å². The Balaban J connectivity index is 1.78. The number of anilines is 2. The highest BCUT2D eigenvalue weighted by atomic mass is 16.5. The van der Waals surface area contributed by atoms with Gasteiger partial charge in [0.05, 0.1) is 40.0 Å². The summed E-state index contributed by atoms with van der Waals surface area (Å²) in [6.45, 7) is 0.273. The maximum Gasteiger partial charge on any atom is 0.229 e. The summed E-state index contributed by atoms with van der Waals surface area (Å²) in [4.78, 5) is 26.9. The Morgan fingerprint density at radius 1 is 0.966 bits per heavy atom. The Labute approximate surface area is 169 Å². The molecule has 154 valence electrons. The predicted octanol–water partition coefficient (Wildman–Crippen LogP) is 2.71. The molecule has 0 radical (unpaired) electrons. The predicted molar refractivity (Wildman–Crippen MR) is 108 cm³/mol. The van der Waals surface area contributed by atoms with E-state index in [0.717, 1.165) is 0 Å². The molecule has 1 aliphatic rings. The number of ether oxygens (including phenoxy) is 4. The molecule has 0 spiro atoms. The largest absolute Gasteiger partial charge is 0.495 e. The first kappa shape index (κ1) is 20.3. The van der Waals surface area contributed by atoms with Crippen molar-refractivity contribution in [3.63, 3.8) is 0 Å². The minimum atomic E-state index is -0.494. The van der Waals surface area contributed by atoms with E-state index in [4.69, 9.17) is 18.9 Å². The Hall–Kier alpha value is -3.42. The van der Waals surface area contributed by atoms with Crippen LogP contribution in [0.25, 0.3) is 0 Å². The fourth-order valence-electron chi connectivity index (χ4n) is 3.37. The zero-order valence-electron chi connectivity index (χ0n) is 16.9. The van der Waals surface area contributed by atoms with Gasteiger partial charge in [0.2, 0.25) is 17.6 Å². The van der Waals surface area contributed by atoms with Gasteiger partial charge in [0.1, 0.15) is 5.75 Å². The molecule has 3 rings (SSSR count). The normalized spacial score (nSPS) is 15.8. The number of nitrogens with one attached hydrogen (secondary N) is 1. The SMILES string of the molecule is COc1ccccc1N1CC(C(=O)Nc2cc(OC)c(OC)c(OC)c2)CC1=O. The number of carbonyl (C=O) groups is 2. The highest BCUT2D eigenvalue weighted by Gasteiger charge is 2.36. The molecule has 2 aromatic rings. The second-order valence-corrected chi connectivity index (χ2v) is 6.48. The summed E-state index contributed by atoms with van der Waals surface area (Å²) < 4.78 is 21.3. The van der Waals surface area contributed by atoms with E-state index >= 15 is 0 Å². The number of methoxy groups -OCH3 is 4. The molecule has 2 amide bonds. The first-order valence-electron chi connectivity index (χ1n) is 9.06. The summed E-state index contributed by atoms with van der Waals surface area (Å²) in [5.74, 6) is 1.01. The van der Waals surface area contributed by atoms with Gasteiger partial charge in [-0.15, -0.1) is 0 Å². The second-order valence-electron chi connectivity index (χ2n) is 6.48. The first-order valence-corrected chi connectivity index (χ1v) is 9.06. The molecule has 2 aromatic carbocycles. The lowest BCUT2D eigenvalue weighted by molar-refractivity contribution is -0.122. The van der Waals surface area contributed by atoms with E-state index in [1.54, 1.807) is 36.3 Å². The van der Waals surface area contributed by atoms with Gasteiger partial charge in [0.25, 0.3) is 0 Å². The molecule has 8 heteroatoms. The maximum absolute atomic E-state index is 12.8. The molecule has 0 aliphatic carbocycles. The number of para-hydroxylation sites is 2. The van der Waals surface area contributed by atoms with Crippen LogP contribution >= 0.6 is 0 Å². The minimum absolute atomic E-state index is 0.119. The molecule has 1 aliphatic heterocycles. The summed E-state index contributed by atoms with van der Waals surface area (Å²) in [5, 5.41) is 2.84. The van der Waals surface area contributed by atoms with Crippen molar-refractivity contribution in [1.82, 2.24) is 0 Å². The van der Waals surface area contributed by atoms with Gasteiger partial charge in [-0.25, -0.2) is 0 Å². The number of hydrogen-bond acceptors (Lipinski definition) is 6. The van der Waals surface area contributed by atoms with Crippen LogP contribution in [0.1, 0.15) is 6.42 Å². The lowest BCUT2D eigenvalue weighted by atomic mass is 10.1. The number of nitrogens with zero attached hydrogens (tertiary/aromatic N) is 1. The summed E-state index contributed by atoms with van der Waals surface area (Å²) in [6.07, 6.45) is 0.119. The van der Waals surface area contributed by atoms with Gasteiger partial charge in [-0.1, -0.05) is 12.1 Å². The van der Waals surface area contributed by atoms with Crippen molar-refractivity contribution in [3.05, 3.63) is 36.4 Å². The fourth-order valence-corrected chi connectivity index (χ4v) is 3.37. The van der Waals surface area contributed by atoms with E-state index < -0.39 is 5.92 Å². The van der Waals surface area contributed by atoms with Gasteiger partial charge in [-0.05, 0) is 12.1 Å². The number of carbonyl (C=O) groups excluding carboxylic acids is 2. The average molecular weight is 400 g/mol. The summed E-state index contributed by atoms with van der Waals surface area (Å²) in [7, 11) is 6.07. The maximum atomic E-state index is 12.8. The standard InChI is InChI=1S/C21H24N2O6/c1-26-16-8-6-5-7-15(16)23-12-13(9-19(23)24)21(25)22-14-10-17(27-2)20(29-4)18(11-14)28-3/h5-8,10-11,13H,9,12H2,1-4H3,(H,22,25).